The molecule has 2 N–H and O–H groups in total. The lowest BCUT2D eigenvalue weighted by atomic mass is 10.1. The highest BCUT2D eigenvalue weighted by atomic mass is 35.5. The molecule has 0 atom stereocenters. The van der Waals surface area contributed by atoms with E-state index in [1.807, 2.05) is 43.3 Å². The van der Waals surface area contributed by atoms with Crippen LogP contribution in [0, 0.1) is 6.92 Å². The maximum Gasteiger partial charge on any atom is 0.141 e. The normalized spacial score (nSPS) is 10.6. The van der Waals surface area contributed by atoms with Gasteiger partial charge < -0.3 is 10.5 Å². The number of ether oxygens (including phenoxy) is 1. The Balaban J connectivity index is 2.18. The summed E-state index contributed by atoms with van der Waals surface area (Å²) in [6.45, 7) is 2.95. The van der Waals surface area contributed by atoms with E-state index in [1.165, 1.54) is 0 Å². The van der Waals surface area contributed by atoms with Crippen LogP contribution in [-0.4, -0.2) is 6.54 Å². The molecule has 0 aliphatic rings. The van der Waals surface area contributed by atoms with Crippen molar-refractivity contribution in [1.29, 1.82) is 0 Å². The van der Waals surface area contributed by atoms with Gasteiger partial charge in [0.15, 0.2) is 0 Å². The fourth-order valence-electron chi connectivity index (χ4n) is 1.99. The number of nitrogens with two attached hydrogens (primary N) is 1. The molecule has 0 aliphatic carbocycles. The minimum absolute atomic E-state index is 0.389. The summed E-state index contributed by atoms with van der Waals surface area (Å²) in [4.78, 5) is 0. The predicted octanol–water partition coefficient (Wildman–Crippen LogP) is 4.38. The van der Waals surface area contributed by atoms with E-state index in [2.05, 4.69) is 0 Å². The van der Waals surface area contributed by atoms with Gasteiger partial charge in [-0.15, -0.1) is 0 Å². The first-order valence-corrected chi connectivity index (χ1v) is 7.22. The average Bonchev–Trinajstić information content (AvgIpc) is 2.40. The Labute approximate surface area is 129 Å². The monoisotopic (exact) mass is 309 g/mol. The van der Waals surface area contributed by atoms with Gasteiger partial charge in [0.1, 0.15) is 12.4 Å². The van der Waals surface area contributed by atoms with Gasteiger partial charge >= 0.3 is 0 Å². The molecule has 0 amide bonds. The van der Waals surface area contributed by atoms with Gasteiger partial charge in [-0.3, -0.25) is 0 Å². The van der Waals surface area contributed by atoms with Gasteiger partial charge in [0, 0.05) is 10.6 Å². The van der Waals surface area contributed by atoms with Gasteiger partial charge in [-0.05, 0) is 43.1 Å². The summed E-state index contributed by atoms with van der Waals surface area (Å²) < 4.78 is 5.86. The molecule has 2 aromatic rings. The Morgan fingerprint density at radius 3 is 2.55 bits per heavy atom. The molecule has 0 saturated heterocycles. The second kappa shape index (κ2) is 6.98. The van der Waals surface area contributed by atoms with E-state index in [9.17, 15) is 0 Å². The molecule has 106 valence electrons. The second-order valence-corrected chi connectivity index (χ2v) is 5.46. The third-order valence-corrected chi connectivity index (χ3v) is 3.69. The van der Waals surface area contributed by atoms with Crippen LogP contribution in [0.25, 0.3) is 0 Å². The predicted molar refractivity (Wildman–Crippen MR) is 84.7 cm³/mol. The lowest BCUT2D eigenvalue weighted by Gasteiger charge is -2.13. The van der Waals surface area contributed by atoms with Crippen LogP contribution < -0.4 is 10.5 Å². The SMILES string of the molecule is Cc1ccc(COc2c(Cl)cccc2CCN)c(Cl)c1. The molecule has 0 saturated carbocycles. The number of hydrogen-bond acceptors (Lipinski definition) is 2. The summed E-state index contributed by atoms with van der Waals surface area (Å²) in [6.07, 6.45) is 0.734. The first kappa shape index (κ1) is 15.2. The van der Waals surface area contributed by atoms with E-state index >= 15 is 0 Å². The molecular weight excluding hydrogens is 293 g/mol. The van der Waals surface area contributed by atoms with E-state index in [0.29, 0.717) is 28.9 Å². The van der Waals surface area contributed by atoms with Crippen LogP contribution in [0.3, 0.4) is 0 Å². The van der Waals surface area contributed by atoms with Gasteiger partial charge in [-0.1, -0.05) is 47.5 Å². The van der Waals surface area contributed by atoms with E-state index in [1.54, 1.807) is 0 Å². The van der Waals surface area contributed by atoms with Crippen molar-refractivity contribution in [2.24, 2.45) is 5.73 Å². The zero-order chi connectivity index (χ0) is 14.5. The Kier molecular flexibility index (Phi) is 5.30. The van der Waals surface area contributed by atoms with Gasteiger partial charge in [0.05, 0.1) is 5.02 Å². The molecule has 0 spiro atoms. The lowest BCUT2D eigenvalue weighted by molar-refractivity contribution is 0.303. The van der Waals surface area contributed by atoms with E-state index in [4.69, 9.17) is 33.7 Å². The first-order valence-electron chi connectivity index (χ1n) is 6.47. The van der Waals surface area contributed by atoms with Crippen LogP contribution in [-0.2, 0) is 13.0 Å². The Morgan fingerprint density at radius 1 is 1.05 bits per heavy atom. The van der Waals surface area contributed by atoms with Crippen molar-refractivity contribution >= 4 is 23.2 Å². The third-order valence-electron chi connectivity index (χ3n) is 3.04. The van der Waals surface area contributed by atoms with Crippen LogP contribution >= 0.6 is 23.2 Å². The Hall–Kier alpha value is -1.22. The van der Waals surface area contributed by atoms with Crippen molar-refractivity contribution in [3.05, 3.63) is 63.1 Å². The van der Waals surface area contributed by atoms with Crippen LogP contribution in [0.15, 0.2) is 36.4 Å². The number of hydrogen-bond donors (Lipinski definition) is 1. The van der Waals surface area contributed by atoms with Crippen molar-refractivity contribution in [3.63, 3.8) is 0 Å². The molecular formula is C16H17Cl2NO. The van der Waals surface area contributed by atoms with Gasteiger partial charge in [0.2, 0.25) is 0 Å². The van der Waals surface area contributed by atoms with Crippen LogP contribution in [0.4, 0.5) is 0 Å². The number of para-hydroxylation sites is 1. The highest BCUT2D eigenvalue weighted by molar-refractivity contribution is 6.32. The van der Waals surface area contributed by atoms with E-state index < -0.39 is 0 Å². The topological polar surface area (TPSA) is 35.2 Å². The minimum Gasteiger partial charge on any atom is -0.487 e. The van der Waals surface area contributed by atoms with Crippen molar-refractivity contribution in [2.75, 3.05) is 6.54 Å². The molecule has 2 nitrogen and oxygen atoms in total. The summed E-state index contributed by atoms with van der Waals surface area (Å²) in [5.74, 6) is 0.691. The van der Waals surface area contributed by atoms with Gasteiger partial charge in [-0.2, -0.15) is 0 Å². The van der Waals surface area contributed by atoms with Crippen LogP contribution in [0.1, 0.15) is 16.7 Å². The van der Waals surface area contributed by atoms with Crippen molar-refractivity contribution < 1.29 is 4.74 Å². The quantitative estimate of drug-likeness (QED) is 0.889. The third kappa shape index (κ3) is 3.66. The molecule has 4 heteroatoms. The van der Waals surface area contributed by atoms with Gasteiger partial charge in [0.25, 0.3) is 0 Å². The largest absolute Gasteiger partial charge is 0.487 e. The van der Waals surface area contributed by atoms with Crippen LogP contribution in [0.5, 0.6) is 5.75 Å². The van der Waals surface area contributed by atoms with Crippen molar-refractivity contribution in [1.82, 2.24) is 0 Å². The highest BCUT2D eigenvalue weighted by Gasteiger charge is 2.09. The molecule has 0 radical (unpaired) electrons. The minimum atomic E-state index is 0.389. The maximum absolute atomic E-state index is 6.20. The second-order valence-electron chi connectivity index (χ2n) is 4.65. The van der Waals surface area contributed by atoms with E-state index in [-0.39, 0.29) is 0 Å². The molecule has 0 aromatic heterocycles. The summed E-state index contributed by atoms with van der Waals surface area (Å²) in [6, 6.07) is 11.6. The Morgan fingerprint density at radius 2 is 1.85 bits per heavy atom. The number of aryl methyl sites for hydroxylation is 1. The van der Waals surface area contributed by atoms with Crippen LogP contribution in [0.2, 0.25) is 10.0 Å². The molecule has 0 fully saturated rings. The fourth-order valence-corrected chi connectivity index (χ4v) is 2.53. The summed E-state index contributed by atoms with van der Waals surface area (Å²) >= 11 is 12.4. The molecule has 0 bridgehead atoms. The summed E-state index contributed by atoms with van der Waals surface area (Å²) in [5, 5.41) is 1.30. The summed E-state index contributed by atoms with van der Waals surface area (Å²) in [5.41, 5.74) is 8.69. The van der Waals surface area contributed by atoms with E-state index in [0.717, 1.165) is 23.1 Å². The average molecular weight is 310 g/mol. The molecule has 0 aliphatic heterocycles. The lowest BCUT2D eigenvalue weighted by Crippen LogP contribution is -2.06. The molecule has 2 aromatic carbocycles. The van der Waals surface area contributed by atoms with Gasteiger partial charge in [-0.25, -0.2) is 0 Å². The number of benzene rings is 2. The standard InChI is InChI=1S/C16H17Cl2NO/c1-11-5-6-13(15(18)9-11)10-20-16-12(7-8-19)3-2-4-14(16)17/h2-6,9H,7-8,10,19H2,1H3. The molecule has 2 rings (SSSR count). The fraction of sp³-hybridized carbons (Fsp3) is 0.250. The summed E-state index contributed by atoms with van der Waals surface area (Å²) in [7, 11) is 0. The molecule has 20 heavy (non-hydrogen) atoms. The number of rotatable bonds is 5. The Bertz CT molecular complexity index is 599. The maximum atomic E-state index is 6.20. The first-order chi connectivity index (χ1) is 9.61. The number of halogens is 2. The molecule has 0 heterocycles. The highest BCUT2D eigenvalue weighted by Crippen LogP contribution is 2.30. The smallest absolute Gasteiger partial charge is 0.141 e. The zero-order valence-electron chi connectivity index (χ0n) is 11.3. The van der Waals surface area contributed by atoms with Crippen molar-refractivity contribution in [2.45, 2.75) is 20.0 Å². The zero-order valence-corrected chi connectivity index (χ0v) is 12.8. The van der Waals surface area contributed by atoms with Crippen molar-refractivity contribution in [3.8, 4) is 5.75 Å². The molecule has 0 unspecified atom stereocenters.